The van der Waals surface area contributed by atoms with Gasteiger partial charge in [-0.05, 0) is 31.9 Å². The van der Waals surface area contributed by atoms with Crippen LogP contribution in [0.2, 0.25) is 0 Å². The molecule has 0 aliphatic rings. The van der Waals surface area contributed by atoms with Gasteiger partial charge in [-0.3, -0.25) is 0 Å². The van der Waals surface area contributed by atoms with Gasteiger partial charge in [-0.25, -0.2) is 9.37 Å². The standard InChI is InChI=1S/C10H7F2NOS.C7H16O/c1-5-13-8(4-15-5)6-2-3-7(11)9(12)10(6)14;1-3-5-7-8-6-4-2/h2-4,14H,1H3;3-7H2,1-2H3. The highest BCUT2D eigenvalue weighted by Gasteiger charge is 2.15. The monoisotopic (exact) mass is 343 g/mol. The van der Waals surface area contributed by atoms with Crippen LogP contribution in [0.25, 0.3) is 11.3 Å². The van der Waals surface area contributed by atoms with Crippen LogP contribution in [-0.4, -0.2) is 23.3 Å². The SMILES string of the molecule is CCCCOCCC.Cc1nc(-c2ccc(F)c(F)c2O)cs1. The van der Waals surface area contributed by atoms with Gasteiger partial charge >= 0.3 is 0 Å². The molecule has 1 aromatic heterocycles. The summed E-state index contributed by atoms with van der Waals surface area (Å²) in [5.41, 5.74) is 0.659. The van der Waals surface area contributed by atoms with Gasteiger partial charge in [0.25, 0.3) is 0 Å². The number of hydrogen-bond donors (Lipinski definition) is 1. The van der Waals surface area contributed by atoms with E-state index in [1.807, 2.05) is 0 Å². The zero-order valence-corrected chi connectivity index (χ0v) is 14.6. The zero-order valence-electron chi connectivity index (χ0n) is 13.7. The van der Waals surface area contributed by atoms with Crippen molar-refractivity contribution in [3.63, 3.8) is 0 Å². The van der Waals surface area contributed by atoms with Crippen molar-refractivity contribution >= 4 is 11.3 Å². The van der Waals surface area contributed by atoms with Crippen molar-refractivity contribution in [2.45, 2.75) is 40.0 Å². The summed E-state index contributed by atoms with van der Waals surface area (Å²) < 4.78 is 31.0. The third-order valence-corrected chi connectivity index (χ3v) is 3.73. The summed E-state index contributed by atoms with van der Waals surface area (Å²) in [6, 6.07) is 2.28. The van der Waals surface area contributed by atoms with Crippen LogP contribution in [-0.2, 0) is 4.74 Å². The molecule has 23 heavy (non-hydrogen) atoms. The minimum atomic E-state index is -1.24. The number of thiazole rings is 1. The van der Waals surface area contributed by atoms with Gasteiger partial charge < -0.3 is 9.84 Å². The molecule has 0 aliphatic carbocycles. The summed E-state index contributed by atoms with van der Waals surface area (Å²) >= 11 is 1.38. The quantitative estimate of drug-likeness (QED) is 0.722. The fraction of sp³-hybridized carbons (Fsp3) is 0.471. The number of aryl methyl sites for hydroxylation is 1. The molecule has 0 fully saturated rings. The predicted molar refractivity (Wildman–Crippen MR) is 89.9 cm³/mol. The highest BCUT2D eigenvalue weighted by Crippen LogP contribution is 2.32. The van der Waals surface area contributed by atoms with Crippen molar-refractivity contribution in [3.05, 3.63) is 34.2 Å². The average Bonchev–Trinajstić information content (AvgIpc) is 2.96. The molecule has 0 radical (unpaired) electrons. The van der Waals surface area contributed by atoms with E-state index >= 15 is 0 Å². The molecule has 0 amide bonds. The summed E-state index contributed by atoms with van der Waals surface area (Å²) in [5, 5.41) is 11.9. The van der Waals surface area contributed by atoms with Gasteiger partial charge in [0.1, 0.15) is 0 Å². The molecule has 0 saturated carbocycles. The largest absolute Gasteiger partial charge is 0.504 e. The Bertz CT molecular complexity index is 596. The Morgan fingerprint density at radius 1 is 1.17 bits per heavy atom. The molecular formula is C17H23F2NO2S. The number of ether oxygens (including phenoxy) is 1. The Morgan fingerprint density at radius 3 is 2.48 bits per heavy atom. The molecule has 128 valence electrons. The third kappa shape index (κ3) is 6.23. The fourth-order valence-corrected chi connectivity index (χ4v) is 2.34. The van der Waals surface area contributed by atoms with Gasteiger partial charge in [0.2, 0.25) is 5.82 Å². The highest BCUT2D eigenvalue weighted by molar-refractivity contribution is 7.09. The maximum atomic E-state index is 13.0. The zero-order chi connectivity index (χ0) is 17.2. The normalized spacial score (nSPS) is 10.3. The Kier molecular flexibility index (Phi) is 8.73. The maximum absolute atomic E-state index is 13.0. The van der Waals surface area contributed by atoms with Crippen molar-refractivity contribution in [2.75, 3.05) is 13.2 Å². The number of hydrogen-bond acceptors (Lipinski definition) is 4. The third-order valence-electron chi connectivity index (χ3n) is 2.95. The lowest BCUT2D eigenvalue weighted by Crippen LogP contribution is -1.93. The minimum Gasteiger partial charge on any atom is -0.504 e. The van der Waals surface area contributed by atoms with Gasteiger partial charge in [-0.2, -0.15) is 4.39 Å². The Balaban J connectivity index is 0.000000284. The van der Waals surface area contributed by atoms with E-state index in [-0.39, 0.29) is 5.56 Å². The topological polar surface area (TPSA) is 42.4 Å². The molecule has 1 heterocycles. The number of halogens is 2. The van der Waals surface area contributed by atoms with Crippen molar-refractivity contribution in [1.29, 1.82) is 0 Å². The number of aromatic hydroxyl groups is 1. The lowest BCUT2D eigenvalue weighted by Gasteiger charge is -2.02. The smallest absolute Gasteiger partial charge is 0.201 e. The van der Waals surface area contributed by atoms with Crippen molar-refractivity contribution in [2.24, 2.45) is 0 Å². The number of nitrogens with zero attached hydrogens (tertiary/aromatic N) is 1. The molecule has 3 nitrogen and oxygen atoms in total. The molecule has 0 aliphatic heterocycles. The maximum Gasteiger partial charge on any atom is 0.201 e. The minimum absolute atomic E-state index is 0.207. The molecule has 1 N–H and O–H groups in total. The fourth-order valence-electron chi connectivity index (χ4n) is 1.73. The molecule has 6 heteroatoms. The van der Waals surface area contributed by atoms with E-state index in [2.05, 4.69) is 18.8 Å². The summed E-state index contributed by atoms with van der Waals surface area (Å²) in [7, 11) is 0. The van der Waals surface area contributed by atoms with Crippen molar-refractivity contribution in [1.82, 2.24) is 4.98 Å². The number of phenols is 1. The highest BCUT2D eigenvalue weighted by atomic mass is 32.1. The van der Waals surface area contributed by atoms with Gasteiger partial charge in [-0.15, -0.1) is 11.3 Å². The molecule has 0 unspecified atom stereocenters. The van der Waals surface area contributed by atoms with Crippen LogP contribution < -0.4 is 0 Å². The van der Waals surface area contributed by atoms with Crippen LogP contribution in [0, 0.1) is 18.6 Å². The second-order valence-electron chi connectivity index (χ2n) is 4.98. The number of phenolic OH excluding ortho intramolecular Hbond substituents is 1. The van der Waals surface area contributed by atoms with Gasteiger partial charge in [0.05, 0.1) is 10.7 Å². The first kappa shape index (κ1) is 19.5. The number of unbranched alkanes of at least 4 members (excludes halogenated alkanes) is 1. The summed E-state index contributed by atoms with van der Waals surface area (Å²) in [6.07, 6.45) is 3.59. The van der Waals surface area contributed by atoms with E-state index in [1.165, 1.54) is 30.2 Å². The first-order chi connectivity index (χ1) is 11.0. The molecule has 2 aromatic rings. The van der Waals surface area contributed by atoms with Gasteiger partial charge in [0.15, 0.2) is 11.6 Å². The number of aromatic nitrogens is 1. The Labute approximate surface area is 140 Å². The Morgan fingerprint density at radius 2 is 1.91 bits per heavy atom. The van der Waals surface area contributed by atoms with Crippen molar-refractivity contribution < 1.29 is 18.6 Å². The molecule has 0 atom stereocenters. The molecule has 0 spiro atoms. The molecule has 0 bridgehead atoms. The van der Waals surface area contributed by atoms with E-state index in [9.17, 15) is 13.9 Å². The second-order valence-corrected chi connectivity index (χ2v) is 6.04. The van der Waals surface area contributed by atoms with E-state index in [0.717, 1.165) is 30.7 Å². The van der Waals surface area contributed by atoms with Gasteiger partial charge in [-0.1, -0.05) is 20.3 Å². The summed E-state index contributed by atoms with van der Waals surface area (Å²) in [4.78, 5) is 4.08. The first-order valence-electron chi connectivity index (χ1n) is 7.68. The van der Waals surface area contributed by atoms with E-state index < -0.39 is 17.4 Å². The van der Waals surface area contributed by atoms with E-state index in [1.54, 1.807) is 12.3 Å². The number of rotatable bonds is 6. The van der Waals surface area contributed by atoms with Crippen molar-refractivity contribution in [3.8, 4) is 17.0 Å². The summed E-state index contributed by atoms with van der Waals surface area (Å²) in [5.74, 6) is -3.00. The average molecular weight is 343 g/mol. The second kappa shape index (κ2) is 10.3. The lowest BCUT2D eigenvalue weighted by atomic mass is 10.1. The molecule has 2 rings (SSSR count). The molecular weight excluding hydrogens is 320 g/mol. The number of benzene rings is 1. The Hall–Kier alpha value is -1.53. The van der Waals surface area contributed by atoms with E-state index in [4.69, 9.17) is 4.74 Å². The van der Waals surface area contributed by atoms with Crippen LogP contribution in [0.15, 0.2) is 17.5 Å². The van der Waals surface area contributed by atoms with Crippen LogP contribution >= 0.6 is 11.3 Å². The predicted octanol–water partition coefficient (Wildman–Crippen LogP) is 5.32. The van der Waals surface area contributed by atoms with Crippen LogP contribution in [0.5, 0.6) is 5.75 Å². The van der Waals surface area contributed by atoms with Crippen LogP contribution in [0.3, 0.4) is 0 Å². The van der Waals surface area contributed by atoms with Crippen LogP contribution in [0.1, 0.15) is 38.1 Å². The molecule has 1 aromatic carbocycles. The van der Waals surface area contributed by atoms with Crippen LogP contribution in [0.4, 0.5) is 8.78 Å². The van der Waals surface area contributed by atoms with E-state index in [0.29, 0.717) is 5.69 Å². The summed E-state index contributed by atoms with van der Waals surface area (Å²) in [6.45, 7) is 7.98. The molecule has 0 saturated heterocycles. The van der Waals surface area contributed by atoms with Gasteiger partial charge in [0, 0.05) is 24.2 Å². The first-order valence-corrected chi connectivity index (χ1v) is 8.56. The lowest BCUT2D eigenvalue weighted by molar-refractivity contribution is 0.132.